The minimum Gasteiger partial charge on any atom is -0.477 e. The molecule has 5 nitrogen and oxygen atoms in total. The molecule has 0 aliphatic carbocycles. The second kappa shape index (κ2) is 7.63. The Hall–Kier alpha value is -3.67. The van der Waals surface area contributed by atoms with Gasteiger partial charge in [-0.1, -0.05) is 42.5 Å². The van der Waals surface area contributed by atoms with Crippen LogP contribution in [0.2, 0.25) is 0 Å². The summed E-state index contributed by atoms with van der Waals surface area (Å²) in [6, 6.07) is 18.0. The maximum atomic E-state index is 14.0. The first-order chi connectivity index (χ1) is 14.4. The van der Waals surface area contributed by atoms with Crippen LogP contribution in [0.1, 0.15) is 21.6 Å². The molecular formula is C24H21FN2O3. The molecule has 30 heavy (non-hydrogen) atoms. The monoisotopic (exact) mass is 404 g/mol. The van der Waals surface area contributed by atoms with Gasteiger partial charge in [-0.25, -0.2) is 9.18 Å². The molecule has 0 aliphatic heterocycles. The first-order valence-corrected chi connectivity index (χ1v) is 9.57. The van der Waals surface area contributed by atoms with Gasteiger partial charge < -0.3 is 14.6 Å². The summed E-state index contributed by atoms with van der Waals surface area (Å²) >= 11 is 0. The van der Waals surface area contributed by atoms with Gasteiger partial charge in [-0.3, -0.25) is 4.79 Å². The molecule has 0 bridgehead atoms. The van der Waals surface area contributed by atoms with Crippen molar-refractivity contribution in [1.29, 1.82) is 0 Å². The highest BCUT2D eigenvalue weighted by molar-refractivity contribution is 6.01. The van der Waals surface area contributed by atoms with E-state index in [0.29, 0.717) is 23.0 Å². The number of nitrogens with zero attached hydrogens (tertiary/aromatic N) is 2. The Balaban J connectivity index is 1.96. The first-order valence-electron chi connectivity index (χ1n) is 9.57. The Morgan fingerprint density at radius 3 is 2.47 bits per heavy atom. The van der Waals surface area contributed by atoms with Gasteiger partial charge >= 0.3 is 5.97 Å². The summed E-state index contributed by atoms with van der Waals surface area (Å²) in [7, 11) is 3.22. The molecule has 0 saturated carbocycles. The van der Waals surface area contributed by atoms with Crippen molar-refractivity contribution in [1.82, 2.24) is 9.47 Å². The maximum absolute atomic E-state index is 14.0. The van der Waals surface area contributed by atoms with Crippen molar-refractivity contribution in [2.45, 2.75) is 13.0 Å². The van der Waals surface area contributed by atoms with E-state index in [2.05, 4.69) is 0 Å². The van der Waals surface area contributed by atoms with Crippen molar-refractivity contribution >= 4 is 33.6 Å². The largest absolute Gasteiger partial charge is 0.477 e. The highest BCUT2D eigenvalue weighted by Gasteiger charge is 2.25. The van der Waals surface area contributed by atoms with Gasteiger partial charge in [0.25, 0.3) is 0 Å². The summed E-state index contributed by atoms with van der Waals surface area (Å²) in [5.41, 5.74) is 1.88. The van der Waals surface area contributed by atoms with Gasteiger partial charge in [0, 0.05) is 37.1 Å². The third kappa shape index (κ3) is 3.41. The average molecular weight is 404 g/mol. The quantitative estimate of drug-likeness (QED) is 0.539. The third-order valence-electron chi connectivity index (χ3n) is 5.37. The number of fused-ring (bicyclic) bond motifs is 2. The predicted octanol–water partition coefficient (Wildman–Crippen LogP) is 4.31. The number of carboxylic acids is 1. The van der Waals surface area contributed by atoms with Crippen molar-refractivity contribution in [3.05, 3.63) is 83.3 Å². The van der Waals surface area contributed by atoms with E-state index in [1.807, 2.05) is 42.5 Å². The number of likely N-dealkylation sites (N-methyl/N-ethyl adjacent to an activating group) is 1. The first kappa shape index (κ1) is 19.6. The summed E-state index contributed by atoms with van der Waals surface area (Å²) in [6.07, 6.45) is -0.114. The molecule has 1 aromatic heterocycles. The molecule has 0 atom stereocenters. The van der Waals surface area contributed by atoms with Gasteiger partial charge in [-0.2, -0.15) is 0 Å². The Kier molecular flexibility index (Phi) is 4.99. The van der Waals surface area contributed by atoms with Gasteiger partial charge in [0.15, 0.2) is 0 Å². The van der Waals surface area contributed by atoms with E-state index in [9.17, 15) is 19.1 Å². The summed E-state index contributed by atoms with van der Waals surface area (Å²) in [4.78, 5) is 26.1. The number of benzene rings is 3. The summed E-state index contributed by atoms with van der Waals surface area (Å²) in [6.45, 7) is 0.293. The zero-order chi connectivity index (χ0) is 21.4. The van der Waals surface area contributed by atoms with Crippen molar-refractivity contribution in [2.75, 3.05) is 14.1 Å². The smallest absolute Gasteiger partial charge is 0.352 e. The molecule has 4 aromatic rings. The molecule has 152 valence electrons. The van der Waals surface area contributed by atoms with Crippen LogP contribution < -0.4 is 0 Å². The number of hydrogen-bond donors (Lipinski definition) is 1. The molecule has 1 heterocycles. The van der Waals surface area contributed by atoms with Gasteiger partial charge in [0.2, 0.25) is 5.91 Å². The maximum Gasteiger partial charge on any atom is 0.352 e. The Morgan fingerprint density at radius 1 is 1.00 bits per heavy atom. The number of carboxylic acid groups (broad SMARTS) is 1. The Morgan fingerprint density at radius 2 is 1.73 bits per heavy atom. The van der Waals surface area contributed by atoms with Crippen LogP contribution in [0.3, 0.4) is 0 Å². The molecule has 0 radical (unpaired) electrons. The lowest BCUT2D eigenvalue weighted by Gasteiger charge is -2.13. The van der Waals surface area contributed by atoms with Crippen LogP contribution in [0.15, 0.2) is 60.7 Å². The number of halogens is 1. The van der Waals surface area contributed by atoms with E-state index in [1.165, 1.54) is 17.0 Å². The molecular weight excluding hydrogens is 383 g/mol. The molecule has 0 unspecified atom stereocenters. The normalized spacial score (nSPS) is 11.2. The summed E-state index contributed by atoms with van der Waals surface area (Å²) in [5.74, 6) is -1.86. The van der Waals surface area contributed by atoms with E-state index in [1.54, 1.807) is 24.7 Å². The second-order valence-electron chi connectivity index (χ2n) is 7.48. The van der Waals surface area contributed by atoms with E-state index < -0.39 is 11.8 Å². The van der Waals surface area contributed by atoms with Gasteiger partial charge in [0.1, 0.15) is 11.5 Å². The fourth-order valence-corrected chi connectivity index (χ4v) is 3.89. The van der Waals surface area contributed by atoms with Gasteiger partial charge in [-0.15, -0.1) is 0 Å². The summed E-state index contributed by atoms with van der Waals surface area (Å²) < 4.78 is 15.7. The molecule has 0 saturated heterocycles. The highest BCUT2D eigenvalue weighted by atomic mass is 19.1. The van der Waals surface area contributed by atoms with E-state index in [-0.39, 0.29) is 18.0 Å². The molecule has 0 fully saturated rings. The van der Waals surface area contributed by atoms with Crippen LogP contribution in [0.25, 0.3) is 21.7 Å². The van der Waals surface area contributed by atoms with Crippen molar-refractivity contribution in [2.24, 2.45) is 0 Å². The van der Waals surface area contributed by atoms with E-state index in [4.69, 9.17) is 0 Å². The van der Waals surface area contributed by atoms with Crippen LogP contribution >= 0.6 is 0 Å². The highest BCUT2D eigenvalue weighted by Crippen LogP contribution is 2.30. The zero-order valence-electron chi connectivity index (χ0n) is 16.7. The van der Waals surface area contributed by atoms with Crippen LogP contribution in [0.4, 0.5) is 4.39 Å². The van der Waals surface area contributed by atoms with Crippen LogP contribution in [-0.4, -0.2) is 40.5 Å². The molecule has 4 rings (SSSR count). The van der Waals surface area contributed by atoms with Crippen LogP contribution in [0, 0.1) is 5.82 Å². The second-order valence-corrected chi connectivity index (χ2v) is 7.48. The SMILES string of the molecule is CN(C)C(=O)Cc1c(C(=O)O)n(Cc2cccc3ccccc23)c2ccc(F)cc12. The molecule has 1 N–H and O–H groups in total. The summed E-state index contributed by atoms with van der Waals surface area (Å²) in [5, 5.41) is 12.5. The topological polar surface area (TPSA) is 62.5 Å². The Labute approximate surface area is 173 Å². The van der Waals surface area contributed by atoms with Crippen molar-refractivity contribution in [3.63, 3.8) is 0 Å². The molecule has 1 amide bonds. The number of hydrogen-bond acceptors (Lipinski definition) is 2. The lowest BCUT2D eigenvalue weighted by Crippen LogP contribution is -2.24. The lowest BCUT2D eigenvalue weighted by molar-refractivity contribution is -0.127. The molecule has 3 aromatic carbocycles. The fraction of sp³-hybridized carbons (Fsp3) is 0.167. The minimum atomic E-state index is -1.14. The fourth-order valence-electron chi connectivity index (χ4n) is 3.89. The van der Waals surface area contributed by atoms with E-state index in [0.717, 1.165) is 16.3 Å². The predicted molar refractivity (Wildman–Crippen MR) is 114 cm³/mol. The number of amides is 1. The standard InChI is InChI=1S/C24H21FN2O3/c1-26(2)22(28)13-20-19-12-17(25)10-11-21(19)27(23(20)24(29)30)14-16-8-5-7-15-6-3-4-9-18(15)16/h3-12H,13-14H2,1-2H3,(H,29,30). The number of rotatable bonds is 5. The van der Waals surface area contributed by atoms with Crippen molar-refractivity contribution in [3.8, 4) is 0 Å². The zero-order valence-corrected chi connectivity index (χ0v) is 16.7. The number of carbonyl (C=O) groups excluding carboxylic acids is 1. The lowest BCUT2D eigenvalue weighted by atomic mass is 10.0. The number of carbonyl (C=O) groups is 2. The number of aromatic carboxylic acids is 1. The molecule has 0 aliphatic rings. The van der Waals surface area contributed by atoms with Gasteiger partial charge in [0.05, 0.1) is 6.42 Å². The molecule has 6 heteroatoms. The van der Waals surface area contributed by atoms with Crippen molar-refractivity contribution < 1.29 is 19.1 Å². The average Bonchev–Trinajstić information content (AvgIpc) is 3.00. The Bertz CT molecular complexity index is 1290. The van der Waals surface area contributed by atoms with Gasteiger partial charge in [-0.05, 0) is 34.5 Å². The van der Waals surface area contributed by atoms with Crippen LogP contribution in [-0.2, 0) is 17.8 Å². The van der Waals surface area contributed by atoms with E-state index >= 15 is 0 Å². The minimum absolute atomic E-state index is 0.0127. The molecule has 0 spiro atoms. The number of aromatic nitrogens is 1. The van der Waals surface area contributed by atoms with Crippen LogP contribution in [0.5, 0.6) is 0 Å². The third-order valence-corrected chi connectivity index (χ3v) is 5.37.